The van der Waals surface area contributed by atoms with Gasteiger partial charge in [-0.05, 0) is 25.7 Å². The Morgan fingerprint density at radius 1 is 1.25 bits per heavy atom. The molecule has 0 spiro atoms. The van der Waals surface area contributed by atoms with Crippen molar-refractivity contribution in [2.75, 3.05) is 32.8 Å². The molecule has 2 unspecified atom stereocenters. The predicted molar refractivity (Wildman–Crippen MR) is 82.0 cm³/mol. The zero-order chi connectivity index (χ0) is 14.2. The topological polar surface area (TPSA) is 44.7 Å². The summed E-state index contributed by atoms with van der Waals surface area (Å²) in [5, 5.41) is 13.4. The van der Waals surface area contributed by atoms with Crippen molar-refractivity contribution in [3.63, 3.8) is 0 Å². The molecular formula is C16H32N2O2. The highest BCUT2D eigenvalue weighted by molar-refractivity contribution is 4.91. The fourth-order valence-electron chi connectivity index (χ4n) is 2.94. The molecule has 4 nitrogen and oxygen atoms in total. The van der Waals surface area contributed by atoms with Crippen molar-refractivity contribution in [1.29, 1.82) is 0 Å². The summed E-state index contributed by atoms with van der Waals surface area (Å²) in [5.74, 6) is 0. The van der Waals surface area contributed by atoms with Crippen LogP contribution in [0.4, 0.5) is 0 Å². The molecule has 1 saturated carbocycles. The van der Waals surface area contributed by atoms with Gasteiger partial charge < -0.3 is 15.2 Å². The van der Waals surface area contributed by atoms with Crippen molar-refractivity contribution in [3.05, 3.63) is 0 Å². The summed E-state index contributed by atoms with van der Waals surface area (Å²) < 4.78 is 5.53. The lowest BCUT2D eigenvalue weighted by molar-refractivity contribution is 0.0342. The summed E-state index contributed by atoms with van der Waals surface area (Å²) in [6, 6.07) is 1.44. The Balaban J connectivity index is 1.43. The molecule has 1 aliphatic heterocycles. The number of ether oxygens (including phenoxy) is 1. The fraction of sp³-hybridized carbons (Fsp3) is 1.00. The van der Waals surface area contributed by atoms with Crippen LogP contribution in [0.25, 0.3) is 0 Å². The number of hydrogen-bond donors (Lipinski definition) is 2. The van der Waals surface area contributed by atoms with E-state index in [1.54, 1.807) is 0 Å². The molecule has 0 aromatic carbocycles. The predicted octanol–water partition coefficient (Wildman–Crippen LogP) is 1.77. The molecule has 0 aromatic heterocycles. The standard InChI is InChI=1S/C16H32N2O2/c1-2-3-4-5-10-20-13-16(19)11-17-14-8-9-18(12-14)15-6-7-15/h14-17,19H,2-13H2,1H3. The number of aliphatic hydroxyl groups excluding tert-OH is 1. The molecule has 20 heavy (non-hydrogen) atoms. The van der Waals surface area contributed by atoms with Gasteiger partial charge in [-0.15, -0.1) is 0 Å². The lowest BCUT2D eigenvalue weighted by Crippen LogP contribution is -2.39. The zero-order valence-electron chi connectivity index (χ0n) is 13.0. The Bertz CT molecular complexity index is 259. The quantitative estimate of drug-likeness (QED) is 0.568. The van der Waals surface area contributed by atoms with Crippen LogP contribution in [-0.4, -0.2) is 61.0 Å². The molecule has 0 aromatic rings. The maximum Gasteiger partial charge on any atom is 0.0897 e. The first-order valence-electron chi connectivity index (χ1n) is 8.53. The number of nitrogens with one attached hydrogen (secondary N) is 1. The van der Waals surface area contributed by atoms with Gasteiger partial charge in [0.05, 0.1) is 12.7 Å². The summed E-state index contributed by atoms with van der Waals surface area (Å²) in [5.41, 5.74) is 0. The van der Waals surface area contributed by atoms with Gasteiger partial charge in [-0.3, -0.25) is 4.90 Å². The minimum absolute atomic E-state index is 0.365. The summed E-state index contributed by atoms with van der Waals surface area (Å²) in [4.78, 5) is 2.59. The van der Waals surface area contributed by atoms with Gasteiger partial charge in [-0.1, -0.05) is 26.2 Å². The van der Waals surface area contributed by atoms with E-state index in [1.165, 1.54) is 45.1 Å². The second-order valence-corrected chi connectivity index (χ2v) is 6.41. The minimum atomic E-state index is -0.365. The monoisotopic (exact) mass is 284 g/mol. The summed E-state index contributed by atoms with van der Waals surface area (Å²) >= 11 is 0. The summed E-state index contributed by atoms with van der Waals surface area (Å²) in [6.07, 6.45) is 8.54. The SMILES string of the molecule is CCCCCCOCC(O)CNC1CCN(C2CC2)C1. The lowest BCUT2D eigenvalue weighted by Gasteiger charge is -2.18. The molecule has 1 aliphatic carbocycles. The van der Waals surface area contributed by atoms with Crippen molar-refractivity contribution in [3.8, 4) is 0 Å². The van der Waals surface area contributed by atoms with Crippen molar-refractivity contribution in [2.45, 2.75) is 70.1 Å². The smallest absolute Gasteiger partial charge is 0.0897 e. The highest BCUT2D eigenvalue weighted by atomic mass is 16.5. The van der Waals surface area contributed by atoms with Crippen LogP contribution < -0.4 is 5.32 Å². The van der Waals surface area contributed by atoms with E-state index >= 15 is 0 Å². The van der Waals surface area contributed by atoms with Crippen LogP contribution >= 0.6 is 0 Å². The minimum Gasteiger partial charge on any atom is -0.389 e. The molecule has 4 heteroatoms. The first kappa shape index (κ1) is 16.2. The van der Waals surface area contributed by atoms with Crippen LogP contribution in [-0.2, 0) is 4.74 Å². The second-order valence-electron chi connectivity index (χ2n) is 6.41. The van der Waals surface area contributed by atoms with Gasteiger partial charge in [-0.25, -0.2) is 0 Å². The molecule has 0 amide bonds. The first-order chi connectivity index (χ1) is 9.79. The normalized spacial score (nSPS) is 25.2. The first-order valence-corrected chi connectivity index (χ1v) is 8.53. The van der Waals surface area contributed by atoms with E-state index < -0.39 is 0 Å². The van der Waals surface area contributed by atoms with Gasteiger partial charge in [0, 0.05) is 38.3 Å². The average molecular weight is 284 g/mol. The maximum absolute atomic E-state index is 9.90. The van der Waals surface area contributed by atoms with Gasteiger partial charge in [0.2, 0.25) is 0 Å². The number of nitrogens with zero attached hydrogens (tertiary/aromatic N) is 1. The third-order valence-corrected chi connectivity index (χ3v) is 4.38. The van der Waals surface area contributed by atoms with Gasteiger partial charge >= 0.3 is 0 Å². The summed E-state index contributed by atoms with van der Waals surface area (Å²) in [6.45, 7) is 6.53. The average Bonchev–Trinajstić information content (AvgIpc) is 3.19. The maximum atomic E-state index is 9.90. The molecule has 0 radical (unpaired) electrons. The van der Waals surface area contributed by atoms with Gasteiger partial charge in [0.25, 0.3) is 0 Å². The largest absolute Gasteiger partial charge is 0.389 e. The van der Waals surface area contributed by atoms with Crippen LogP contribution in [0.3, 0.4) is 0 Å². The number of hydrogen-bond acceptors (Lipinski definition) is 4. The molecule has 2 rings (SSSR count). The van der Waals surface area contributed by atoms with E-state index in [-0.39, 0.29) is 6.10 Å². The van der Waals surface area contributed by atoms with E-state index in [2.05, 4.69) is 17.1 Å². The molecule has 1 heterocycles. The Labute approximate surface area is 123 Å². The van der Waals surface area contributed by atoms with E-state index in [0.29, 0.717) is 19.2 Å². The van der Waals surface area contributed by atoms with Gasteiger partial charge in [0.1, 0.15) is 0 Å². The van der Waals surface area contributed by atoms with Crippen LogP contribution in [0.1, 0.15) is 51.9 Å². The number of likely N-dealkylation sites (tertiary alicyclic amines) is 1. The molecule has 2 fully saturated rings. The van der Waals surface area contributed by atoms with Crippen LogP contribution in [0.5, 0.6) is 0 Å². The Morgan fingerprint density at radius 3 is 2.85 bits per heavy atom. The number of aliphatic hydroxyl groups is 1. The van der Waals surface area contributed by atoms with E-state index in [4.69, 9.17) is 4.74 Å². The molecule has 0 bridgehead atoms. The Hall–Kier alpha value is -0.160. The molecule has 2 N–H and O–H groups in total. The van der Waals surface area contributed by atoms with E-state index in [1.807, 2.05) is 0 Å². The Morgan fingerprint density at radius 2 is 2.10 bits per heavy atom. The lowest BCUT2D eigenvalue weighted by atomic mass is 10.2. The highest BCUT2D eigenvalue weighted by Gasteiger charge is 2.34. The summed E-state index contributed by atoms with van der Waals surface area (Å²) in [7, 11) is 0. The van der Waals surface area contributed by atoms with Crippen LogP contribution in [0.15, 0.2) is 0 Å². The van der Waals surface area contributed by atoms with Crippen molar-refractivity contribution < 1.29 is 9.84 Å². The number of rotatable bonds is 11. The van der Waals surface area contributed by atoms with Crippen molar-refractivity contribution >= 4 is 0 Å². The van der Waals surface area contributed by atoms with Crippen molar-refractivity contribution in [2.24, 2.45) is 0 Å². The van der Waals surface area contributed by atoms with Crippen molar-refractivity contribution in [1.82, 2.24) is 10.2 Å². The number of unbranched alkanes of at least 4 members (excludes halogenated alkanes) is 3. The highest BCUT2D eigenvalue weighted by Crippen LogP contribution is 2.29. The third kappa shape index (κ3) is 6.08. The molecule has 1 saturated heterocycles. The molecule has 2 aliphatic rings. The van der Waals surface area contributed by atoms with E-state index in [0.717, 1.165) is 25.6 Å². The molecular weight excluding hydrogens is 252 g/mol. The fourth-order valence-corrected chi connectivity index (χ4v) is 2.94. The van der Waals surface area contributed by atoms with Gasteiger partial charge in [-0.2, -0.15) is 0 Å². The van der Waals surface area contributed by atoms with Crippen LogP contribution in [0, 0.1) is 0 Å². The second kappa shape index (κ2) is 8.98. The molecule has 118 valence electrons. The third-order valence-electron chi connectivity index (χ3n) is 4.38. The molecule has 2 atom stereocenters. The van der Waals surface area contributed by atoms with E-state index in [9.17, 15) is 5.11 Å². The Kier molecular flexibility index (Phi) is 7.28. The van der Waals surface area contributed by atoms with Crippen LogP contribution in [0.2, 0.25) is 0 Å². The zero-order valence-corrected chi connectivity index (χ0v) is 13.0. The van der Waals surface area contributed by atoms with Gasteiger partial charge in [0.15, 0.2) is 0 Å².